The third-order valence-electron chi connectivity index (χ3n) is 3.05. The van der Waals surface area contributed by atoms with E-state index in [-0.39, 0.29) is 6.01 Å². The second kappa shape index (κ2) is 6.45. The standard InChI is InChI=1S/C16H9ClF3N3O/c17-11-8-22-15(23-9-11)24-14-4-2-1-3-12(14)13-6-5-10(7-21-13)16(18,19)20/h1-9H. The summed E-state index contributed by atoms with van der Waals surface area (Å²) in [5.74, 6) is 0.368. The molecule has 0 amide bonds. The lowest BCUT2D eigenvalue weighted by Gasteiger charge is -2.10. The van der Waals surface area contributed by atoms with E-state index in [4.69, 9.17) is 16.3 Å². The van der Waals surface area contributed by atoms with Crippen LogP contribution in [-0.4, -0.2) is 15.0 Å². The van der Waals surface area contributed by atoms with Crippen LogP contribution < -0.4 is 4.74 Å². The molecule has 1 aromatic carbocycles. The number of pyridine rings is 1. The molecule has 2 heterocycles. The number of benzene rings is 1. The molecule has 3 aromatic rings. The Bertz CT molecular complexity index is 836. The van der Waals surface area contributed by atoms with Gasteiger partial charge in [0.2, 0.25) is 0 Å². The van der Waals surface area contributed by atoms with E-state index in [2.05, 4.69) is 15.0 Å². The molecule has 0 atom stereocenters. The van der Waals surface area contributed by atoms with Crippen molar-refractivity contribution in [2.24, 2.45) is 0 Å². The molecule has 0 aliphatic carbocycles. The first-order valence-electron chi connectivity index (χ1n) is 6.71. The van der Waals surface area contributed by atoms with Gasteiger partial charge in [0.1, 0.15) is 5.75 Å². The molecule has 0 aliphatic rings. The molecule has 0 N–H and O–H groups in total. The Labute approximate surface area is 139 Å². The van der Waals surface area contributed by atoms with Crippen molar-refractivity contribution in [2.75, 3.05) is 0 Å². The average Bonchev–Trinajstić information content (AvgIpc) is 2.57. The molecule has 0 unspecified atom stereocenters. The number of hydrogen-bond acceptors (Lipinski definition) is 4. The zero-order valence-electron chi connectivity index (χ0n) is 12.0. The fourth-order valence-electron chi connectivity index (χ4n) is 1.94. The molecule has 0 fully saturated rings. The molecule has 0 aliphatic heterocycles. The third kappa shape index (κ3) is 3.62. The number of para-hydroxylation sites is 1. The van der Waals surface area contributed by atoms with Gasteiger partial charge in [0, 0.05) is 11.8 Å². The second-order valence-electron chi connectivity index (χ2n) is 4.71. The van der Waals surface area contributed by atoms with E-state index in [9.17, 15) is 13.2 Å². The number of ether oxygens (including phenoxy) is 1. The second-order valence-corrected chi connectivity index (χ2v) is 5.15. The first-order valence-corrected chi connectivity index (χ1v) is 7.09. The van der Waals surface area contributed by atoms with Crippen LogP contribution in [0.2, 0.25) is 5.02 Å². The summed E-state index contributed by atoms with van der Waals surface area (Å²) in [6.45, 7) is 0. The van der Waals surface area contributed by atoms with Crippen molar-refractivity contribution in [3.63, 3.8) is 0 Å². The maximum atomic E-state index is 12.6. The van der Waals surface area contributed by atoms with Crippen molar-refractivity contribution in [1.82, 2.24) is 15.0 Å². The van der Waals surface area contributed by atoms with Crippen molar-refractivity contribution in [3.05, 3.63) is 65.6 Å². The molecule has 0 saturated heterocycles. The van der Waals surface area contributed by atoms with Gasteiger partial charge in [0.05, 0.1) is 28.7 Å². The average molecular weight is 352 g/mol. The smallest absolute Gasteiger partial charge is 0.417 e. The van der Waals surface area contributed by atoms with E-state index in [1.165, 1.54) is 18.5 Å². The summed E-state index contributed by atoms with van der Waals surface area (Å²) in [6, 6.07) is 9.10. The van der Waals surface area contributed by atoms with Crippen molar-refractivity contribution < 1.29 is 17.9 Å². The van der Waals surface area contributed by atoms with Gasteiger partial charge in [-0.25, -0.2) is 9.97 Å². The van der Waals surface area contributed by atoms with Gasteiger partial charge in [0.15, 0.2) is 0 Å². The molecule has 122 valence electrons. The van der Waals surface area contributed by atoms with Crippen molar-refractivity contribution in [2.45, 2.75) is 6.18 Å². The topological polar surface area (TPSA) is 47.9 Å². The van der Waals surface area contributed by atoms with Crippen LogP contribution in [0.4, 0.5) is 13.2 Å². The van der Waals surface area contributed by atoms with Gasteiger partial charge < -0.3 is 4.74 Å². The summed E-state index contributed by atoms with van der Waals surface area (Å²) < 4.78 is 43.5. The summed E-state index contributed by atoms with van der Waals surface area (Å²) in [5.41, 5.74) is 0.0445. The highest BCUT2D eigenvalue weighted by Crippen LogP contribution is 2.33. The number of halogens is 4. The minimum atomic E-state index is -4.43. The summed E-state index contributed by atoms with van der Waals surface area (Å²) >= 11 is 5.71. The van der Waals surface area contributed by atoms with Crippen molar-refractivity contribution in [3.8, 4) is 23.0 Å². The van der Waals surface area contributed by atoms with E-state index in [1.54, 1.807) is 24.3 Å². The highest BCUT2D eigenvalue weighted by atomic mass is 35.5. The minimum Gasteiger partial charge on any atom is -0.424 e. The largest absolute Gasteiger partial charge is 0.424 e. The Morgan fingerprint density at radius 3 is 2.21 bits per heavy atom. The molecular formula is C16H9ClF3N3O. The summed E-state index contributed by atoms with van der Waals surface area (Å²) in [7, 11) is 0. The van der Waals surface area contributed by atoms with Crippen molar-refractivity contribution in [1.29, 1.82) is 0 Å². The molecule has 24 heavy (non-hydrogen) atoms. The predicted molar refractivity (Wildman–Crippen MR) is 81.8 cm³/mol. The first kappa shape index (κ1) is 16.2. The summed E-state index contributed by atoms with van der Waals surface area (Å²) in [6.07, 6.45) is -0.893. The molecule has 0 spiro atoms. The Morgan fingerprint density at radius 2 is 1.58 bits per heavy atom. The van der Waals surface area contributed by atoms with E-state index < -0.39 is 11.7 Å². The van der Waals surface area contributed by atoms with E-state index in [1.807, 2.05) is 0 Å². The number of aromatic nitrogens is 3. The Morgan fingerprint density at radius 1 is 0.875 bits per heavy atom. The van der Waals surface area contributed by atoms with Crippen molar-refractivity contribution >= 4 is 11.6 Å². The Kier molecular flexibility index (Phi) is 4.35. The highest BCUT2D eigenvalue weighted by molar-refractivity contribution is 6.30. The van der Waals surface area contributed by atoms with Gasteiger partial charge in [-0.05, 0) is 24.3 Å². The summed E-state index contributed by atoms with van der Waals surface area (Å²) in [5, 5.41) is 0.361. The highest BCUT2D eigenvalue weighted by Gasteiger charge is 2.30. The first-order chi connectivity index (χ1) is 11.4. The lowest BCUT2D eigenvalue weighted by Crippen LogP contribution is -2.05. The normalized spacial score (nSPS) is 11.3. The van der Waals surface area contributed by atoms with E-state index >= 15 is 0 Å². The van der Waals surface area contributed by atoms with Crippen LogP contribution in [0.5, 0.6) is 11.8 Å². The molecule has 3 rings (SSSR count). The van der Waals surface area contributed by atoms with E-state index in [0.29, 0.717) is 22.0 Å². The molecule has 0 radical (unpaired) electrons. The van der Waals surface area contributed by atoms with Gasteiger partial charge in [0.25, 0.3) is 0 Å². The quantitative estimate of drug-likeness (QED) is 0.666. The van der Waals surface area contributed by atoms with Gasteiger partial charge in [-0.3, -0.25) is 4.98 Å². The predicted octanol–water partition coefficient (Wildman–Crippen LogP) is 5.00. The molecule has 4 nitrogen and oxygen atoms in total. The molecule has 0 saturated carbocycles. The Balaban J connectivity index is 1.93. The number of alkyl halides is 3. The monoisotopic (exact) mass is 351 g/mol. The molecular weight excluding hydrogens is 343 g/mol. The zero-order valence-corrected chi connectivity index (χ0v) is 12.7. The number of hydrogen-bond donors (Lipinski definition) is 0. The lowest BCUT2D eigenvalue weighted by atomic mass is 10.1. The third-order valence-corrected chi connectivity index (χ3v) is 3.25. The van der Waals surface area contributed by atoms with Crippen LogP contribution in [-0.2, 0) is 6.18 Å². The van der Waals surface area contributed by atoms with E-state index in [0.717, 1.165) is 12.3 Å². The van der Waals surface area contributed by atoms with Gasteiger partial charge in [-0.2, -0.15) is 13.2 Å². The summed E-state index contributed by atoms with van der Waals surface area (Å²) in [4.78, 5) is 11.7. The van der Waals surface area contributed by atoms with Crippen LogP contribution in [0.25, 0.3) is 11.3 Å². The maximum Gasteiger partial charge on any atom is 0.417 e. The van der Waals surface area contributed by atoms with Gasteiger partial charge >= 0.3 is 12.2 Å². The maximum absolute atomic E-state index is 12.6. The van der Waals surface area contributed by atoms with Crippen LogP contribution >= 0.6 is 11.6 Å². The lowest BCUT2D eigenvalue weighted by molar-refractivity contribution is -0.137. The van der Waals surface area contributed by atoms with Gasteiger partial charge in [-0.1, -0.05) is 23.7 Å². The minimum absolute atomic E-state index is 0.0683. The van der Waals surface area contributed by atoms with Crippen LogP contribution in [0.15, 0.2) is 55.0 Å². The zero-order chi connectivity index (χ0) is 17.2. The fourth-order valence-corrected chi connectivity index (χ4v) is 2.04. The number of rotatable bonds is 3. The molecule has 0 bridgehead atoms. The van der Waals surface area contributed by atoms with Crippen LogP contribution in [0.3, 0.4) is 0 Å². The fraction of sp³-hybridized carbons (Fsp3) is 0.0625. The van der Waals surface area contributed by atoms with Gasteiger partial charge in [-0.15, -0.1) is 0 Å². The molecule has 2 aromatic heterocycles. The van der Waals surface area contributed by atoms with Crippen LogP contribution in [0.1, 0.15) is 5.56 Å². The SMILES string of the molecule is FC(F)(F)c1ccc(-c2ccccc2Oc2ncc(Cl)cn2)nc1. The van der Waals surface area contributed by atoms with Crippen LogP contribution in [0, 0.1) is 0 Å². The Hall–Kier alpha value is -2.67. The molecule has 8 heteroatoms. The number of nitrogens with zero attached hydrogens (tertiary/aromatic N) is 3.